The molecule has 1 radical (unpaired) electrons. The Morgan fingerprint density at radius 2 is 1.33 bits per heavy atom. The van der Waals surface area contributed by atoms with Crippen LogP contribution in [0.25, 0.3) is 0 Å². The van der Waals surface area contributed by atoms with E-state index in [1.165, 1.54) is 16.7 Å². The normalized spacial score (nSPS) is 12.3. The first-order valence-corrected chi connectivity index (χ1v) is 7.06. The Morgan fingerprint density at radius 3 is 1.56 bits per heavy atom. The molecular weight excluding hydrogens is 235 g/mol. The molecule has 0 N–H and O–H groups in total. The van der Waals surface area contributed by atoms with Crippen LogP contribution in [0.15, 0.2) is 12.1 Å². The molecule has 97 valence electrons. The van der Waals surface area contributed by atoms with Crippen LogP contribution in [0.3, 0.4) is 0 Å². The maximum atomic E-state index is 5.71. The predicted octanol–water partition coefficient (Wildman–Crippen LogP) is 3.61. The van der Waals surface area contributed by atoms with Crippen LogP contribution in [-0.4, -0.2) is 27.8 Å². The Labute approximate surface area is 120 Å². The third-order valence-corrected chi connectivity index (χ3v) is 3.51. The van der Waals surface area contributed by atoms with Gasteiger partial charge in [0.2, 0.25) is 0 Å². The molecule has 0 bridgehead atoms. The van der Waals surface area contributed by atoms with Crippen molar-refractivity contribution in [1.29, 1.82) is 0 Å². The number of hydrogen-bond donors (Lipinski definition) is 0. The van der Waals surface area contributed by atoms with Crippen LogP contribution >= 0.6 is 0 Å². The van der Waals surface area contributed by atoms with Crippen molar-refractivity contribution in [2.24, 2.45) is 0 Å². The van der Waals surface area contributed by atoms with Gasteiger partial charge in [-0.05, 0) is 0 Å². The van der Waals surface area contributed by atoms with Crippen molar-refractivity contribution in [3.63, 3.8) is 0 Å². The zero-order valence-corrected chi connectivity index (χ0v) is 13.9. The molecule has 1 rings (SSSR count). The topological polar surface area (TPSA) is 9.23 Å². The van der Waals surface area contributed by atoms with Gasteiger partial charge in [-0.3, -0.25) is 0 Å². The van der Waals surface area contributed by atoms with E-state index >= 15 is 0 Å². The van der Waals surface area contributed by atoms with E-state index in [0.29, 0.717) is 0 Å². The maximum absolute atomic E-state index is 5.71. The van der Waals surface area contributed by atoms with Crippen molar-refractivity contribution in [3.05, 3.63) is 28.8 Å². The van der Waals surface area contributed by atoms with Crippen molar-refractivity contribution in [2.75, 3.05) is 7.11 Å². The van der Waals surface area contributed by atoms with Crippen LogP contribution in [0.2, 0.25) is 0 Å². The van der Waals surface area contributed by atoms with Crippen LogP contribution in [0.5, 0.6) is 5.75 Å². The Hall–Kier alpha value is -0.578. The first-order chi connectivity index (χ1) is 8.11. The molecule has 0 aromatic heterocycles. The SMILES string of the molecule is COc1c(C(C)(C)C)cc([CH]=[Al])cc1C(C)(C)C. The van der Waals surface area contributed by atoms with E-state index in [1.54, 1.807) is 7.11 Å². The average molecular weight is 259 g/mol. The standard InChI is InChI=1S/C16H24O.Al/c1-11-9-12(15(2,3)4)14(17-8)13(10-11)16(5,6)7;/h1,9-10H,2-8H3;. The van der Waals surface area contributed by atoms with Crippen molar-refractivity contribution < 1.29 is 4.74 Å². The van der Waals surface area contributed by atoms with Gasteiger partial charge in [0.25, 0.3) is 0 Å². The van der Waals surface area contributed by atoms with Gasteiger partial charge in [-0.15, -0.1) is 0 Å². The van der Waals surface area contributed by atoms with Crippen LogP contribution in [-0.2, 0) is 10.8 Å². The Bertz CT molecular complexity index is 412. The molecule has 0 saturated carbocycles. The summed E-state index contributed by atoms with van der Waals surface area (Å²) >= 11 is 2.69. The van der Waals surface area contributed by atoms with E-state index in [-0.39, 0.29) is 10.8 Å². The number of rotatable bonds is 2. The van der Waals surface area contributed by atoms with Gasteiger partial charge in [-0.1, -0.05) is 0 Å². The first kappa shape index (κ1) is 15.5. The molecule has 0 unspecified atom stereocenters. The average Bonchev–Trinajstić information content (AvgIpc) is 2.24. The summed E-state index contributed by atoms with van der Waals surface area (Å²) in [5.74, 6) is 1.03. The molecule has 18 heavy (non-hydrogen) atoms. The molecule has 0 aliphatic carbocycles. The van der Waals surface area contributed by atoms with Gasteiger partial charge in [-0.2, -0.15) is 0 Å². The zero-order chi connectivity index (χ0) is 14.1. The van der Waals surface area contributed by atoms with Gasteiger partial charge in [0.15, 0.2) is 0 Å². The monoisotopic (exact) mass is 259 g/mol. The second-order valence-electron chi connectivity index (χ2n) is 6.82. The number of hydrogen-bond acceptors (Lipinski definition) is 1. The molecule has 0 spiro atoms. The fourth-order valence-corrected chi connectivity index (χ4v) is 2.27. The molecule has 0 heterocycles. The first-order valence-electron chi connectivity index (χ1n) is 6.39. The Kier molecular flexibility index (Phi) is 4.47. The van der Waals surface area contributed by atoms with Crippen LogP contribution in [0, 0.1) is 0 Å². The van der Waals surface area contributed by atoms with Gasteiger partial charge in [-0.25, -0.2) is 0 Å². The van der Waals surface area contributed by atoms with Crippen molar-refractivity contribution in [2.45, 2.75) is 52.4 Å². The van der Waals surface area contributed by atoms with E-state index < -0.39 is 0 Å². The molecule has 0 atom stereocenters. The molecule has 0 fully saturated rings. The van der Waals surface area contributed by atoms with E-state index in [2.05, 4.69) is 74.4 Å². The van der Waals surface area contributed by atoms with E-state index in [9.17, 15) is 0 Å². The summed E-state index contributed by atoms with van der Waals surface area (Å²) in [5, 5.41) is 0. The quantitative estimate of drug-likeness (QED) is 0.737. The number of methoxy groups -OCH3 is 1. The van der Waals surface area contributed by atoms with Crippen LogP contribution < -0.4 is 4.74 Å². The van der Waals surface area contributed by atoms with Crippen molar-refractivity contribution >= 4 is 20.7 Å². The summed E-state index contributed by atoms with van der Waals surface area (Å²) < 4.78 is 5.71. The van der Waals surface area contributed by atoms with Gasteiger partial charge < -0.3 is 0 Å². The second kappa shape index (κ2) is 5.19. The fourth-order valence-electron chi connectivity index (χ4n) is 2.08. The molecule has 1 nitrogen and oxygen atoms in total. The molecule has 1 aromatic carbocycles. The van der Waals surface area contributed by atoms with Crippen molar-refractivity contribution in [3.8, 4) is 5.75 Å². The number of benzene rings is 1. The van der Waals surface area contributed by atoms with Crippen LogP contribution in [0.1, 0.15) is 58.2 Å². The van der Waals surface area contributed by atoms with Gasteiger partial charge in [0, 0.05) is 0 Å². The third kappa shape index (κ3) is 3.25. The summed E-state index contributed by atoms with van der Waals surface area (Å²) in [6.07, 6.45) is 0. The van der Waals surface area contributed by atoms with E-state index in [4.69, 9.17) is 4.74 Å². The number of ether oxygens (including phenoxy) is 1. The molecular formula is C16H24AlO. The Morgan fingerprint density at radius 1 is 0.944 bits per heavy atom. The summed E-state index contributed by atoms with van der Waals surface area (Å²) in [7, 11) is 1.77. The van der Waals surface area contributed by atoms with Gasteiger partial charge >= 0.3 is 120 Å². The van der Waals surface area contributed by atoms with E-state index in [0.717, 1.165) is 5.75 Å². The molecule has 0 aliphatic rings. The summed E-state index contributed by atoms with van der Waals surface area (Å²) in [6, 6.07) is 4.45. The summed E-state index contributed by atoms with van der Waals surface area (Å²) in [6.45, 7) is 13.4. The molecule has 2 heteroatoms. The van der Waals surface area contributed by atoms with Crippen molar-refractivity contribution in [1.82, 2.24) is 0 Å². The Balaban J connectivity index is 3.66. The third-order valence-electron chi connectivity index (χ3n) is 3.12. The minimum atomic E-state index is 0.0784. The molecule has 0 amide bonds. The van der Waals surface area contributed by atoms with Gasteiger partial charge in [0.1, 0.15) is 0 Å². The summed E-state index contributed by atoms with van der Waals surface area (Å²) in [5.41, 5.74) is 3.93. The molecule has 0 saturated heterocycles. The zero-order valence-electron chi connectivity index (χ0n) is 12.7. The second-order valence-corrected chi connectivity index (χ2v) is 7.15. The molecule has 1 aromatic rings. The van der Waals surface area contributed by atoms with Gasteiger partial charge in [0.05, 0.1) is 0 Å². The van der Waals surface area contributed by atoms with E-state index in [1.807, 2.05) is 0 Å². The summed E-state index contributed by atoms with van der Waals surface area (Å²) in [4.78, 5) is 2.07. The predicted molar refractivity (Wildman–Crippen MR) is 81.3 cm³/mol. The van der Waals surface area contributed by atoms with Crippen LogP contribution in [0.4, 0.5) is 0 Å². The fraction of sp³-hybridized carbons (Fsp3) is 0.562. The minimum absolute atomic E-state index is 0.0784. The molecule has 0 aliphatic heterocycles.